The van der Waals surface area contributed by atoms with Crippen LogP contribution in [-0.4, -0.2) is 28.4 Å². The van der Waals surface area contributed by atoms with E-state index in [1.54, 1.807) is 18.2 Å². The lowest BCUT2D eigenvalue weighted by Gasteiger charge is -2.35. The quantitative estimate of drug-likeness (QED) is 0.685. The zero-order chi connectivity index (χ0) is 19.8. The predicted molar refractivity (Wildman–Crippen MR) is 95.9 cm³/mol. The summed E-state index contributed by atoms with van der Waals surface area (Å²) in [6, 6.07) is 10.8. The van der Waals surface area contributed by atoms with Crippen molar-refractivity contribution in [3.63, 3.8) is 0 Å². The number of alkyl halides is 3. The molecule has 0 aliphatic rings. The van der Waals surface area contributed by atoms with Crippen molar-refractivity contribution < 1.29 is 23.0 Å². The Hall–Kier alpha value is -2.38. The number of hydrogen-bond donors (Lipinski definition) is 1. The average molecular weight is 397 g/mol. The first-order chi connectivity index (χ1) is 12.7. The van der Waals surface area contributed by atoms with Crippen LogP contribution in [-0.2, 0) is 5.60 Å². The van der Waals surface area contributed by atoms with Crippen LogP contribution in [0.25, 0.3) is 11.0 Å². The summed E-state index contributed by atoms with van der Waals surface area (Å²) in [6.45, 7) is 1.25. The van der Waals surface area contributed by atoms with E-state index < -0.39 is 23.4 Å². The molecule has 0 spiro atoms. The summed E-state index contributed by atoms with van der Waals surface area (Å²) in [5.74, 6) is -1.04. The fraction of sp³-hybridized carbons (Fsp3) is 0.263. The molecule has 1 heterocycles. The van der Waals surface area contributed by atoms with Gasteiger partial charge in [-0.3, -0.25) is 4.98 Å². The first kappa shape index (κ1) is 19.4. The van der Waals surface area contributed by atoms with Crippen LogP contribution in [0.1, 0.15) is 24.1 Å². The molecule has 0 amide bonds. The third-order valence-electron chi connectivity index (χ3n) is 4.57. The van der Waals surface area contributed by atoms with Gasteiger partial charge in [0.05, 0.1) is 24.3 Å². The molecule has 0 saturated heterocycles. The predicted octanol–water partition coefficient (Wildman–Crippen LogP) is 4.85. The van der Waals surface area contributed by atoms with Gasteiger partial charge in [0, 0.05) is 10.9 Å². The number of aromatic nitrogens is 2. The third kappa shape index (κ3) is 3.33. The van der Waals surface area contributed by atoms with Gasteiger partial charge in [-0.15, -0.1) is 0 Å². The molecule has 2 unspecified atom stereocenters. The van der Waals surface area contributed by atoms with E-state index in [9.17, 15) is 18.3 Å². The van der Waals surface area contributed by atoms with Gasteiger partial charge in [-0.25, -0.2) is 4.98 Å². The van der Waals surface area contributed by atoms with Crippen molar-refractivity contribution in [1.82, 2.24) is 9.97 Å². The fourth-order valence-corrected chi connectivity index (χ4v) is 3.30. The second-order valence-electron chi connectivity index (χ2n) is 6.12. The Morgan fingerprint density at radius 2 is 1.78 bits per heavy atom. The summed E-state index contributed by atoms with van der Waals surface area (Å²) in [7, 11) is 1.42. The van der Waals surface area contributed by atoms with Crippen molar-refractivity contribution in [3.05, 3.63) is 64.9 Å². The Morgan fingerprint density at radius 3 is 2.37 bits per heavy atom. The van der Waals surface area contributed by atoms with E-state index in [0.717, 1.165) is 6.20 Å². The van der Waals surface area contributed by atoms with Crippen molar-refractivity contribution in [2.24, 2.45) is 0 Å². The van der Waals surface area contributed by atoms with Gasteiger partial charge in [0.25, 0.3) is 0 Å². The first-order valence-corrected chi connectivity index (χ1v) is 8.41. The highest BCUT2D eigenvalue weighted by Crippen LogP contribution is 2.49. The lowest BCUT2D eigenvalue weighted by molar-refractivity contribution is -0.276. The maximum Gasteiger partial charge on any atom is 0.423 e. The Kier molecular flexibility index (Phi) is 5.01. The summed E-state index contributed by atoms with van der Waals surface area (Å²) < 4.78 is 47.1. The molecule has 4 nitrogen and oxygen atoms in total. The normalized spacial score (nSPS) is 15.4. The summed E-state index contributed by atoms with van der Waals surface area (Å²) in [5, 5.41) is 10.9. The van der Waals surface area contributed by atoms with Gasteiger partial charge < -0.3 is 9.84 Å². The molecular formula is C19H16ClF3N2O2. The molecule has 3 rings (SSSR count). The molecule has 2 aromatic carbocycles. The number of fused-ring (bicyclic) bond motifs is 1. The molecule has 27 heavy (non-hydrogen) atoms. The Labute approximate surface area is 158 Å². The van der Waals surface area contributed by atoms with Crippen molar-refractivity contribution in [1.29, 1.82) is 0 Å². The lowest BCUT2D eigenvalue weighted by atomic mass is 9.80. The minimum absolute atomic E-state index is 0.0540. The van der Waals surface area contributed by atoms with Crippen LogP contribution in [0.3, 0.4) is 0 Å². The van der Waals surface area contributed by atoms with E-state index in [2.05, 4.69) is 9.97 Å². The summed E-state index contributed by atoms with van der Waals surface area (Å²) >= 11 is 6.15. The van der Waals surface area contributed by atoms with E-state index in [1.807, 2.05) is 0 Å². The molecular weight excluding hydrogens is 381 g/mol. The van der Waals surface area contributed by atoms with Crippen molar-refractivity contribution in [2.45, 2.75) is 24.6 Å². The smallest absolute Gasteiger partial charge is 0.423 e. The number of hydrogen-bond acceptors (Lipinski definition) is 4. The molecule has 0 aliphatic carbocycles. The van der Waals surface area contributed by atoms with E-state index in [4.69, 9.17) is 16.3 Å². The molecule has 8 heteroatoms. The van der Waals surface area contributed by atoms with Crippen LogP contribution in [0, 0.1) is 0 Å². The van der Waals surface area contributed by atoms with Crippen molar-refractivity contribution in [3.8, 4) is 5.75 Å². The van der Waals surface area contributed by atoms with Gasteiger partial charge in [0.1, 0.15) is 11.4 Å². The van der Waals surface area contributed by atoms with Gasteiger partial charge >= 0.3 is 6.18 Å². The Balaban J connectivity index is 2.17. The zero-order valence-electron chi connectivity index (χ0n) is 14.5. The summed E-state index contributed by atoms with van der Waals surface area (Å²) in [6.07, 6.45) is -4.06. The van der Waals surface area contributed by atoms with Crippen molar-refractivity contribution in [2.75, 3.05) is 7.11 Å². The minimum Gasteiger partial charge on any atom is -0.497 e. The van der Waals surface area contributed by atoms with Crippen LogP contribution in [0.5, 0.6) is 5.75 Å². The largest absolute Gasteiger partial charge is 0.497 e. The van der Waals surface area contributed by atoms with E-state index >= 15 is 0 Å². The number of halogens is 4. The van der Waals surface area contributed by atoms with Gasteiger partial charge in [0.2, 0.25) is 5.60 Å². The molecule has 1 aromatic heterocycles. The number of nitrogens with zero attached hydrogens (tertiary/aromatic N) is 2. The molecule has 3 aromatic rings. The van der Waals surface area contributed by atoms with Gasteiger partial charge in [-0.1, -0.05) is 36.7 Å². The van der Waals surface area contributed by atoms with Crippen LogP contribution < -0.4 is 4.74 Å². The topological polar surface area (TPSA) is 55.2 Å². The number of methoxy groups -OCH3 is 1. The van der Waals surface area contributed by atoms with Crippen LogP contribution in [0.2, 0.25) is 5.02 Å². The van der Waals surface area contributed by atoms with Gasteiger partial charge in [0.15, 0.2) is 0 Å². The molecule has 0 aliphatic heterocycles. The van der Waals surface area contributed by atoms with Crippen LogP contribution in [0.15, 0.2) is 48.7 Å². The molecule has 0 saturated carbocycles. The first-order valence-electron chi connectivity index (χ1n) is 8.03. The third-order valence-corrected chi connectivity index (χ3v) is 4.90. The fourth-order valence-electron chi connectivity index (χ4n) is 2.96. The Morgan fingerprint density at radius 1 is 1.11 bits per heavy atom. The number of rotatable bonds is 4. The second-order valence-corrected chi connectivity index (χ2v) is 6.52. The summed E-state index contributed by atoms with van der Waals surface area (Å²) in [5.41, 5.74) is -3.06. The summed E-state index contributed by atoms with van der Waals surface area (Å²) in [4.78, 5) is 8.03. The van der Waals surface area contributed by atoms with Gasteiger partial charge in [-0.2, -0.15) is 13.2 Å². The van der Waals surface area contributed by atoms with Crippen LogP contribution >= 0.6 is 11.6 Å². The molecule has 1 N–H and O–H groups in total. The number of para-hydroxylation sites is 2. The number of benzene rings is 2. The standard InChI is InChI=1S/C19H16ClF3N2O2/c1-11(13-8-7-12(27-2)9-14(13)20)18(26,19(21,22)23)17-10-24-15-5-3-4-6-16(15)25-17/h3-11,26H,1-2H3. The Bertz CT molecular complexity index is 981. The maximum absolute atomic E-state index is 14.0. The monoisotopic (exact) mass is 396 g/mol. The maximum atomic E-state index is 14.0. The lowest BCUT2D eigenvalue weighted by Crippen LogP contribution is -2.47. The van der Waals surface area contributed by atoms with E-state index in [-0.39, 0.29) is 16.1 Å². The molecule has 0 radical (unpaired) electrons. The zero-order valence-corrected chi connectivity index (χ0v) is 15.2. The van der Waals surface area contributed by atoms with Gasteiger partial charge in [-0.05, 0) is 29.8 Å². The van der Waals surface area contributed by atoms with Crippen LogP contribution in [0.4, 0.5) is 13.2 Å². The van der Waals surface area contributed by atoms with E-state index in [1.165, 1.54) is 38.3 Å². The molecule has 0 fully saturated rings. The number of aliphatic hydroxyl groups is 1. The SMILES string of the molecule is COc1ccc(C(C)C(O)(c2cnc3ccccc3n2)C(F)(F)F)c(Cl)c1. The highest BCUT2D eigenvalue weighted by molar-refractivity contribution is 6.31. The van der Waals surface area contributed by atoms with E-state index in [0.29, 0.717) is 11.3 Å². The highest BCUT2D eigenvalue weighted by atomic mass is 35.5. The molecule has 142 valence electrons. The molecule has 0 bridgehead atoms. The molecule has 2 atom stereocenters. The highest BCUT2D eigenvalue weighted by Gasteiger charge is 2.60. The average Bonchev–Trinajstić information content (AvgIpc) is 2.65. The van der Waals surface area contributed by atoms with Crippen molar-refractivity contribution >= 4 is 22.6 Å². The minimum atomic E-state index is -5.01. The number of ether oxygens (including phenoxy) is 1. The second kappa shape index (κ2) is 6.98.